The first-order chi connectivity index (χ1) is 9.11. The Balaban J connectivity index is 2.23. The third-order valence-electron chi connectivity index (χ3n) is 3.82. The first-order valence-corrected chi connectivity index (χ1v) is 6.46. The monoisotopic (exact) mass is 265 g/mol. The lowest BCUT2D eigenvalue weighted by Crippen LogP contribution is -2.48. The molecule has 0 radical (unpaired) electrons. The number of ether oxygens (including phenoxy) is 1. The summed E-state index contributed by atoms with van der Waals surface area (Å²) in [6.45, 7) is 3.15. The predicted octanol–water partition coefficient (Wildman–Crippen LogP) is 1.57. The summed E-state index contributed by atoms with van der Waals surface area (Å²) in [6, 6.07) is 1.68. The maximum Gasteiger partial charge on any atom is 0.311 e. The van der Waals surface area contributed by atoms with E-state index in [1.807, 2.05) is 11.8 Å². The van der Waals surface area contributed by atoms with Crippen LogP contribution in [0.15, 0.2) is 12.3 Å². The summed E-state index contributed by atoms with van der Waals surface area (Å²) in [5, 5.41) is 9.46. The van der Waals surface area contributed by atoms with Crippen LogP contribution in [0.3, 0.4) is 0 Å². The van der Waals surface area contributed by atoms with Crippen LogP contribution in [0.5, 0.6) is 5.88 Å². The number of nitrogens with zero attached hydrogens (tertiary/aromatic N) is 3. The fraction of sp³-hybridized carbons (Fsp3) is 0.615. The van der Waals surface area contributed by atoms with Crippen molar-refractivity contribution >= 4 is 11.9 Å². The lowest BCUT2D eigenvalue weighted by Gasteiger charge is -2.39. The number of piperidine rings is 1. The van der Waals surface area contributed by atoms with Crippen LogP contribution >= 0.6 is 0 Å². The van der Waals surface area contributed by atoms with E-state index in [0.717, 1.165) is 13.0 Å². The van der Waals surface area contributed by atoms with Crippen LogP contribution in [-0.4, -0.2) is 41.2 Å². The van der Waals surface area contributed by atoms with Crippen molar-refractivity contribution in [3.8, 4) is 5.88 Å². The van der Waals surface area contributed by atoms with E-state index in [9.17, 15) is 9.90 Å². The largest absolute Gasteiger partial charge is 0.481 e. The zero-order valence-electron chi connectivity index (χ0n) is 11.3. The van der Waals surface area contributed by atoms with Gasteiger partial charge in [0, 0.05) is 25.4 Å². The second-order valence-corrected chi connectivity index (χ2v) is 4.86. The molecule has 0 spiro atoms. The molecule has 1 atom stereocenters. The minimum atomic E-state index is -0.734. The van der Waals surface area contributed by atoms with E-state index in [-0.39, 0.29) is 0 Å². The van der Waals surface area contributed by atoms with E-state index in [4.69, 9.17) is 4.74 Å². The van der Waals surface area contributed by atoms with E-state index >= 15 is 0 Å². The summed E-state index contributed by atoms with van der Waals surface area (Å²) in [7, 11) is 1.55. The van der Waals surface area contributed by atoms with E-state index in [2.05, 4.69) is 9.97 Å². The number of carbonyl (C=O) groups is 1. The van der Waals surface area contributed by atoms with Crippen LogP contribution in [0, 0.1) is 5.41 Å². The van der Waals surface area contributed by atoms with Gasteiger partial charge in [-0.3, -0.25) is 4.79 Å². The van der Waals surface area contributed by atoms with Crippen molar-refractivity contribution in [2.75, 3.05) is 25.1 Å². The molecule has 0 aromatic carbocycles. The summed E-state index contributed by atoms with van der Waals surface area (Å²) >= 11 is 0. The number of carboxylic acids is 1. The number of anilines is 1. The third kappa shape index (κ3) is 2.62. The van der Waals surface area contributed by atoms with Crippen molar-refractivity contribution in [1.82, 2.24) is 9.97 Å². The lowest BCUT2D eigenvalue weighted by atomic mass is 9.78. The smallest absolute Gasteiger partial charge is 0.311 e. The van der Waals surface area contributed by atoms with Crippen molar-refractivity contribution < 1.29 is 14.6 Å². The SMILES string of the molecule is CCC1(C(=O)O)CCCN(c2nccc(OC)n2)C1. The Hall–Kier alpha value is -1.85. The number of aliphatic carboxylic acids is 1. The third-order valence-corrected chi connectivity index (χ3v) is 3.82. The number of hydrogen-bond acceptors (Lipinski definition) is 5. The normalized spacial score (nSPS) is 23.2. The highest BCUT2D eigenvalue weighted by molar-refractivity contribution is 5.75. The second-order valence-electron chi connectivity index (χ2n) is 4.86. The van der Waals surface area contributed by atoms with Gasteiger partial charge < -0.3 is 14.7 Å². The topological polar surface area (TPSA) is 75.5 Å². The fourth-order valence-electron chi connectivity index (χ4n) is 2.52. The second kappa shape index (κ2) is 5.42. The summed E-state index contributed by atoms with van der Waals surface area (Å²) < 4.78 is 5.08. The minimum Gasteiger partial charge on any atom is -0.481 e. The van der Waals surface area contributed by atoms with Gasteiger partial charge in [-0.2, -0.15) is 4.98 Å². The molecule has 1 aromatic heterocycles. The van der Waals surface area contributed by atoms with Gasteiger partial charge in [-0.15, -0.1) is 0 Å². The first kappa shape index (κ1) is 13.6. The van der Waals surface area contributed by atoms with Gasteiger partial charge in [0.2, 0.25) is 11.8 Å². The van der Waals surface area contributed by atoms with Crippen molar-refractivity contribution in [3.63, 3.8) is 0 Å². The fourth-order valence-corrected chi connectivity index (χ4v) is 2.52. The molecule has 1 unspecified atom stereocenters. The molecule has 6 nitrogen and oxygen atoms in total. The Morgan fingerprint density at radius 2 is 2.42 bits per heavy atom. The predicted molar refractivity (Wildman–Crippen MR) is 70.4 cm³/mol. The molecule has 1 aliphatic rings. The van der Waals surface area contributed by atoms with Crippen molar-refractivity contribution in [1.29, 1.82) is 0 Å². The Bertz CT molecular complexity index is 466. The van der Waals surface area contributed by atoms with Gasteiger partial charge in [-0.05, 0) is 19.3 Å². The van der Waals surface area contributed by atoms with E-state index in [1.165, 1.54) is 0 Å². The van der Waals surface area contributed by atoms with Crippen molar-refractivity contribution in [2.24, 2.45) is 5.41 Å². The van der Waals surface area contributed by atoms with Crippen molar-refractivity contribution in [3.05, 3.63) is 12.3 Å². The van der Waals surface area contributed by atoms with Gasteiger partial charge in [0.15, 0.2) is 0 Å². The van der Waals surface area contributed by atoms with Gasteiger partial charge in [0.25, 0.3) is 0 Å². The summed E-state index contributed by atoms with van der Waals surface area (Å²) in [5.41, 5.74) is -0.690. The van der Waals surface area contributed by atoms with Gasteiger partial charge in [-0.25, -0.2) is 4.98 Å². The van der Waals surface area contributed by atoms with Gasteiger partial charge in [0.1, 0.15) is 0 Å². The van der Waals surface area contributed by atoms with E-state index in [1.54, 1.807) is 19.4 Å². The Kier molecular flexibility index (Phi) is 3.87. The Morgan fingerprint density at radius 1 is 1.63 bits per heavy atom. The number of aromatic nitrogens is 2. The van der Waals surface area contributed by atoms with Crippen LogP contribution in [-0.2, 0) is 4.79 Å². The minimum absolute atomic E-state index is 0.450. The van der Waals surface area contributed by atoms with Gasteiger partial charge in [-0.1, -0.05) is 6.92 Å². The molecule has 0 saturated carbocycles. The van der Waals surface area contributed by atoms with Crippen LogP contribution in [0.1, 0.15) is 26.2 Å². The zero-order chi connectivity index (χ0) is 13.9. The lowest BCUT2D eigenvalue weighted by molar-refractivity contribution is -0.149. The number of methoxy groups -OCH3 is 1. The molecule has 2 heterocycles. The molecule has 2 rings (SSSR count). The van der Waals surface area contributed by atoms with Gasteiger partial charge in [0.05, 0.1) is 12.5 Å². The molecule has 0 aliphatic carbocycles. The quantitative estimate of drug-likeness (QED) is 0.890. The summed E-state index contributed by atoms with van der Waals surface area (Å²) in [5.74, 6) is 0.300. The highest BCUT2D eigenvalue weighted by atomic mass is 16.5. The van der Waals surface area contributed by atoms with Crippen molar-refractivity contribution in [2.45, 2.75) is 26.2 Å². The average molecular weight is 265 g/mol. The molecule has 0 bridgehead atoms. The first-order valence-electron chi connectivity index (χ1n) is 6.46. The number of hydrogen-bond donors (Lipinski definition) is 1. The van der Waals surface area contributed by atoms with Crippen LogP contribution in [0.2, 0.25) is 0 Å². The molecule has 6 heteroatoms. The molecule has 104 valence electrons. The zero-order valence-corrected chi connectivity index (χ0v) is 11.3. The Labute approximate surface area is 112 Å². The molecular formula is C13H19N3O3. The average Bonchev–Trinajstić information content (AvgIpc) is 2.47. The van der Waals surface area contributed by atoms with E-state index < -0.39 is 11.4 Å². The molecule has 19 heavy (non-hydrogen) atoms. The maximum atomic E-state index is 11.5. The summed E-state index contributed by atoms with van der Waals surface area (Å²) in [6.07, 6.45) is 3.78. The molecule has 1 saturated heterocycles. The number of rotatable bonds is 4. The summed E-state index contributed by atoms with van der Waals surface area (Å²) in [4.78, 5) is 21.9. The molecule has 1 N–H and O–H groups in total. The highest BCUT2D eigenvalue weighted by Gasteiger charge is 2.41. The molecule has 1 aliphatic heterocycles. The highest BCUT2D eigenvalue weighted by Crippen LogP contribution is 2.35. The van der Waals surface area contributed by atoms with Gasteiger partial charge >= 0.3 is 5.97 Å². The Morgan fingerprint density at radius 3 is 3.05 bits per heavy atom. The molecular weight excluding hydrogens is 246 g/mol. The molecule has 1 fully saturated rings. The van der Waals surface area contributed by atoms with Crippen LogP contribution in [0.4, 0.5) is 5.95 Å². The molecule has 1 aromatic rings. The molecule has 0 amide bonds. The van der Waals surface area contributed by atoms with E-state index in [0.29, 0.717) is 31.2 Å². The maximum absolute atomic E-state index is 11.5. The van der Waals surface area contributed by atoms with Crippen LogP contribution < -0.4 is 9.64 Å². The van der Waals surface area contributed by atoms with Crippen LogP contribution in [0.25, 0.3) is 0 Å². The number of carboxylic acid groups (broad SMARTS) is 1. The standard InChI is InChI=1S/C13H19N3O3/c1-3-13(11(17)18)6-4-8-16(9-13)12-14-7-5-10(15-12)19-2/h5,7H,3-4,6,8-9H2,1-2H3,(H,17,18).